The second-order valence-electron chi connectivity index (χ2n) is 5.67. The van der Waals surface area contributed by atoms with E-state index in [4.69, 9.17) is 5.73 Å². The number of anilines is 1. The molecule has 0 bridgehead atoms. The predicted molar refractivity (Wildman–Crippen MR) is 81.4 cm³/mol. The van der Waals surface area contributed by atoms with Crippen LogP contribution in [-0.4, -0.2) is 18.0 Å². The van der Waals surface area contributed by atoms with Crippen molar-refractivity contribution in [3.8, 4) is 0 Å². The fourth-order valence-corrected chi connectivity index (χ4v) is 3.25. The van der Waals surface area contributed by atoms with Gasteiger partial charge in [0.1, 0.15) is 0 Å². The summed E-state index contributed by atoms with van der Waals surface area (Å²) in [6, 6.07) is 6.06. The maximum Gasteiger partial charge on any atom is 0.0371 e. The molecule has 1 heterocycles. The van der Waals surface area contributed by atoms with Crippen LogP contribution in [0.1, 0.15) is 32.3 Å². The Kier molecular flexibility index (Phi) is 4.68. The molecule has 0 aromatic heterocycles. The van der Waals surface area contributed by atoms with Gasteiger partial charge in [0.15, 0.2) is 0 Å². The molecule has 1 fully saturated rings. The summed E-state index contributed by atoms with van der Waals surface area (Å²) in [7, 11) is 0. The quantitative estimate of drug-likeness (QED) is 0.858. The van der Waals surface area contributed by atoms with Crippen LogP contribution < -0.4 is 5.73 Å². The zero-order chi connectivity index (χ0) is 13.1. The van der Waals surface area contributed by atoms with Crippen LogP contribution in [0.15, 0.2) is 22.7 Å². The lowest BCUT2D eigenvalue weighted by Gasteiger charge is -2.34. The first-order valence-electron chi connectivity index (χ1n) is 6.83. The van der Waals surface area contributed by atoms with Crippen molar-refractivity contribution in [1.82, 2.24) is 4.90 Å². The number of piperidine rings is 1. The van der Waals surface area contributed by atoms with Gasteiger partial charge in [0.2, 0.25) is 0 Å². The van der Waals surface area contributed by atoms with Gasteiger partial charge >= 0.3 is 0 Å². The van der Waals surface area contributed by atoms with Crippen LogP contribution >= 0.6 is 15.9 Å². The van der Waals surface area contributed by atoms with Gasteiger partial charge in [0.05, 0.1) is 0 Å². The van der Waals surface area contributed by atoms with Crippen molar-refractivity contribution in [2.75, 3.05) is 18.8 Å². The molecule has 0 spiro atoms. The smallest absolute Gasteiger partial charge is 0.0371 e. The Bertz CT molecular complexity index is 375. The highest BCUT2D eigenvalue weighted by Crippen LogP contribution is 2.28. The lowest BCUT2D eigenvalue weighted by Crippen LogP contribution is -2.35. The third kappa shape index (κ3) is 3.27. The molecule has 0 radical (unpaired) electrons. The molecule has 2 N–H and O–H groups in total. The molecule has 2 nitrogen and oxygen atoms in total. The van der Waals surface area contributed by atoms with Crippen LogP contribution in [0.25, 0.3) is 0 Å². The lowest BCUT2D eigenvalue weighted by atomic mass is 9.86. The SMILES string of the molecule is CC(C)C1CCN(Cc2c(N)cccc2Br)CC1. The predicted octanol–water partition coefficient (Wildman–Crippen LogP) is 3.90. The topological polar surface area (TPSA) is 29.3 Å². The highest BCUT2D eigenvalue weighted by atomic mass is 79.9. The standard InChI is InChI=1S/C15H23BrN2/c1-11(2)12-6-8-18(9-7-12)10-13-14(16)4-3-5-15(13)17/h3-5,11-12H,6-10,17H2,1-2H3. The van der Waals surface area contributed by atoms with E-state index in [1.54, 1.807) is 0 Å². The molecule has 1 aliphatic heterocycles. The number of hydrogen-bond acceptors (Lipinski definition) is 2. The van der Waals surface area contributed by atoms with Crippen molar-refractivity contribution < 1.29 is 0 Å². The number of nitrogen functional groups attached to an aromatic ring is 1. The van der Waals surface area contributed by atoms with Crippen LogP contribution in [0.5, 0.6) is 0 Å². The van der Waals surface area contributed by atoms with E-state index in [2.05, 4.69) is 40.7 Å². The molecule has 3 heteroatoms. The first-order chi connectivity index (χ1) is 8.58. The fourth-order valence-electron chi connectivity index (χ4n) is 2.74. The Hall–Kier alpha value is -0.540. The normalized spacial score (nSPS) is 18.4. The first kappa shape index (κ1) is 13.9. The first-order valence-corrected chi connectivity index (χ1v) is 7.62. The average molecular weight is 311 g/mol. The Morgan fingerprint density at radius 3 is 2.56 bits per heavy atom. The average Bonchev–Trinajstić information content (AvgIpc) is 2.34. The van der Waals surface area contributed by atoms with Gasteiger partial charge in [0.25, 0.3) is 0 Å². The summed E-state index contributed by atoms with van der Waals surface area (Å²) in [4.78, 5) is 2.52. The zero-order valence-corrected chi connectivity index (χ0v) is 12.9. The summed E-state index contributed by atoms with van der Waals surface area (Å²) in [5.74, 6) is 1.72. The molecular formula is C15H23BrN2. The molecule has 1 aromatic carbocycles. The molecule has 1 saturated heterocycles. The van der Waals surface area contributed by atoms with E-state index in [1.165, 1.54) is 31.5 Å². The second-order valence-corrected chi connectivity index (χ2v) is 6.52. The number of rotatable bonds is 3. The van der Waals surface area contributed by atoms with Crippen molar-refractivity contribution in [3.63, 3.8) is 0 Å². The Morgan fingerprint density at radius 1 is 1.33 bits per heavy atom. The minimum absolute atomic E-state index is 0.820. The van der Waals surface area contributed by atoms with Gasteiger partial charge in [-0.1, -0.05) is 35.8 Å². The Labute approximate surface area is 119 Å². The van der Waals surface area contributed by atoms with Gasteiger partial charge in [0, 0.05) is 22.3 Å². The number of hydrogen-bond donors (Lipinski definition) is 1. The maximum atomic E-state index is 6.06. The molecule has 1 aliphatic rings. The van der Waals surface area contributed by atoms with Gasteiger partial charge in [-0.15, -0.1) is 0 Å². The van der Waals surface area contributed by atoms with Crippen molar-refractivity contribution in [1.29, 1.82) is 0 Å². The minimum atomic E-state index is 0.820. The molecule has 0 unspecified atom stereocenters. The van der Waals surface area contributed by atoms with E-state index < -0.39 is 0 Å². The Balaban J connectivity index is 1.96. The monoisotopic (exact) mass is 310 g/mol. The van der Waals surface area contributed by atoms with Gasteiger partial charge in [-0.2, -0.15) is 0 Å². The highest BCUT2D eigenvalue weighted by molar-refractivity contribution is 9.10. The van der Waals surface area contributed by atoms with E-state index in [0.717, 1.165) is 28.5 Å². The molecule has 0 saturated carbocycles. The summed E-state index contributed by atoms with van der Waals surface area (Å²) in [6.45, 7) is 8.05. The second kappa shape index (κ2) is 6.07. The van der Waals surface area contributed by atoms with E-state index >= 15 is 0 Å². The summed E-state index contributed by atoms with van der Waals surface area (Å²) < 4.78 is 1.13. The van der Waals surface area contributed by atoms with E-state index in [-0.39, 0.29) is 0 Å². The number of nitrogens with two attached hydrogens (primary N) is 1. The number of nitrogens with zero attached hydrogens (tertiary/aromatic N) is 1. The van der Waals surface area contributed by atoms with Gasteiger partial charge in [-0.3, -0.25) is 4.90 Å². The van der Waals surface area contributed by atoms with Crippen molar-refractivity contribution >= 4 is 21.6 Å². The minimum Gasteiger partial charge on any atom is -0.398 e. The summed E-state index contributed by atoms with van der Waals surface area (Å²) >= 11 is 3.60. The molecule has 100 valence electrons. The summed E-state index contributed by atoms with van der Waals surface area (Å²) in [5.41, 5.74) is 8.19. The van der Waals surface area contributed by atoms with Crippen molar-refractivity contribution in [2.45, 2.75) is 33.2 Å². The largest absolute Gasteiger partial charge is 0.398 e. The third-order valence-corrected chi connectivity index (χ3v) is 4.85. The Morgan fingerprint density at radius 2 is 2.00 bits per heavy atom. The van der Waals surface area contributed by atoms with Gasteiger partial charge in [-0.25, -0.2) is 0 Å². The van der Waals surface area contributed by atoms with Crippen LogP contribution in [-0.2, 0) is 6.54 Å². The van der Waals surface area contributed by atoms with Gasteiger partial charge < -0.3 is 5.73 Å². The van der Waals surface area contributed by atoms with Crippen LogP contribution in [0.4, 0.5) is 5.69 Å². The van der Waals surface area contributed by atoms with Crippen LogP contribution in [0, 0.1) is 11.8 Å². The fraction of sp³-hybridized carbons (Fsp3) is 0.600. The molecule has 0 aliphatic carbocycles. The maximum absolute atomic E-state index is 6.06. The number of benzene rings is 1. The number of likely N-dealkylation sites (tertiary alicyclic amines) is 1. The van der Waals surface area contributed by atoms with Crippen LogP contribution in [0.2, 0.25) is 0 Å². The lowest BCUT2D eigenvalue weighted by molar-refractivity contribution is 0.152. The van der Waals surface area contributed by atoms with Gasteiger partial charge in [-0.05, 0) is 49.9 Å². The molecular weight excluding hydrogens is 288 g/mol. The molecule has 18 heavy (non-hydrogen) atoms. The highest BCUT2D eigenvalue weighted by Gasteiger charge is 2.22. The van der Waals surface area contributed by atoms with Crippen LogP contribution in [0.3, 0.4) is 0 Å². The van der Waals surface area contributed by atoms with Crippen molar-refractivity contribution in [2.24, 2.45) is 11.8 Å². The molecule has 1 aromatic rings. The number of halogens is 1. The molecule has 2 rings (SSSR count). The summed E-state index contributed by atoms with van der Waals surface area (Å²) in [6.07, 6.45) is 2.64. The molecule has 0 amide bonds. The van der Waals surface area contributed by atoms with E-state index in [1.807, 2.05) is 12.1 Å². The van der Waals surface area contributed by atoms with E-state index in [9.17, 15) is 0 Å². The molecule has 0 atom stereocenters. The third-order valence-electron chi connectivity index (χ3n) is 4.11. The van der Waals surface area contributed by atoms with E-state index in [0.29, 0.717) is 0 Å². The zero-order valence-electron chi connectivity index (χ0n) is 11.3. The van der Waals surface area contributed by atoms with Crippen molar-refractivity contribution in [3.05, 3.63) is 28.2 Å². The summed E-state index contributed by atoms with van der Waals surface area (Å²) in [5, 5.41) is 0.